The van der Waals surface area contributed by atoms with Gasteiger partial charge in [0.25, 0.3) is 0 Å². The number of nitrogens with zero attached hydrogens (tertiary/aromatic N) is 1. The number of ether oxygens (including phenoxy) is 3. The molecular weight excluding hydrogens is 418 g/mol. The van der Waals surface area contributed by atoms with Gasteiger partial charge in [-0.2, -0.15) is 0 Å². The molecule has 142 valence electrons. The number of esters is 3. The van der Waals surface area contributed by atoms with Crippen LogP contribution in [-0.2, 0) is 23.8 Å². The summed E-state index contributed by atoms with van der Waals surface area (Å²) in [5.74, 6) is -1.86. The Bertz CT molecular complexity index is 856. The molecule has 0 atom stereocenters. The van der Waals surface area contributed by atoms with E-state index in [4.69, 9.17) is 14.2 Å². The van der Waals surface area contributed by atoms with Crippen LogP contribution in [-0.4, -0.2) is 38.7 Å². The molecule has 0 fully saturated rings. The number of hydrogen-bond donors (Lipinski definition) is 0. The number of hydrogen-bond acceptors (Lipinski definition) is 7. The van der Waals surface area contributed by atoms with Crippen molar-refractivity contribution in [2.75, 3.05) is 25.7 Å². The van der Waals surface area contributed by atoms with E-state index >= 15 is 0 Å². The molecule has 1 aliphatic heterocycles. The summed E-state index contributed by atoms with van der Waals surface area (Å²) in [4.78, 5) is 38.0. The zero-order chi connectivity index (χ0) is 20.0. The van der Waals surface area contributed by atoms with E-state index in [1.54, 1.807) is 43.5 Å². The van der Waals surface area contributed by atoms with Crippen LogP contribution in [0.4, 0.5) is 5.69 Å². The summed E-state index contributed by atoms with van der Waals surface area (Å²) >= 11 is 3.41. The lowest BCUT2D eigenvalue weighted by Crippen LogP contribution is -2.27. The van der Waals surface area contributed by atoms with Gasteiger partial charge in [-0.3, -0.25) is 0 Å². The van der Waals surface area contributed by atoms with Crippen LogP contribution < -0.4 is 4.90 Å². The highest BCUT2D eigenvalue weighted by Gasteiger charge is 2.28. The number of carbonyl (C=O) groups excluding carboxylic acids is 3. The van der Waals surface area contributed by atoms with Crippen LogP contribution in [0, 0.1) is 0 Å². The van der Waals surface area contributed by atoms with Crippen LogP contribution in [0.15, 0.2) is 58.4 Å². The Labute approximate surface area is 165 Å². The van der Waals surface area contributed by atoms with Gasteiger partial charge in [-0.1, -0.05) is 6.08 Å². The molecule has 1 aliphatic rings. The minimum absolute atomic E-state index is 0.0149. The lowest BCUT2D eigenvalue weighted by Gasteiger charge is -2.24. The van der Waals surface area contributed by atoms with Crippen LogP contribution in [0.5, 0.6) is 0 Å². The number of allylic oxidation sites excluding steroid dienone is 2. The number of halogens is 1. The van der Waals surface area contributed by atoms with Crippen LogP contribution in [0.1, 0.15) is 17.3 Å². The van der Waals surface area contributed by atoms with E-state index in [2.05, 4.69) is 15.9 Å². The largest absolute Gasteiger partial charge is 0.465 e. The van der Waals surface area contributed by atoms with E-state index in [0.717, 1.165) is 0 Å². The molecule has 0 unspecified atom stereocenters. The third-order valence-electron chi connectivity index (χ3n) is 3.61. The minimum atomic E-state index is -0.715. The lowest BCUT2D eigenvalue weighted by atomic mass is 10.1. The lowest BCUT2D eigenvalue weighted by molar-refractivity contribution is -0.139. The highest BCUT2D eigenvalue weighted by atomic mass is 79.9. The molecule has 0 aromatic heterocycles. The Balaban J connectivity index is 2.59. The Hall–Kier alpha value is -2.87. The highest BCUT2D eigenvalue weighted by molar-refractivity contribution is 9.10. The van der Waals surface area contributed by atoms with Gasteiger partial charge in [-0.15, -0.1) is 0 Å². The van der Waals surface area contributed by atoms with E-state index in [9.17, 15) is 14.4 Å². The second-order valence-electron chi connectivity index (χ2n) is 5.20. The molecule has 1 aromatic rings. The monoisotopic (exact) mass is 435 g/mol. The standard InChI is InChI=1S/C19H18BrNO6/c1-4-27-17(22)12-8-9-15(14(20)11-12)21-10-6-5-7-13(18(23)25-2)16(21)19(24)26-3/h5-11H,4H2,1-3H3. The molecule has 0 amide bonds. The van der Waals surface area contributed by atoms with Crippen molar-refractivity contribution in [3.63, 3.8) is 0 Å². The summed E-state index contributed by atoms with van der Waals surface area (Å²) in [5, 5.41) is 0. The predicted molar refractivity (Wildman–Crippen MR) is 102 cm³/mol. The van der Waals surface area contributed by atoms with Crippen molar-refractivity contribution >= 4 is 39.5 Å². The molecule has 2 rings (SSSR count). The normalized spacial score (nSPS) is 13.3. The second kappa shape index (κ2) is 9.18. The maximum atomic E-state index is 12.4. The fraction of sp³-hybridized carbons (Fsp3) is 0.211. The number of methoxy groups -OCH3 is 2. The van der Waals surface area contributed by atoms with Gasteiger partial charge in [0.05, 0.1) is 37.7 Å². The molecule has 8 heteroatoms. The second-order valence-corrected chi connectivity index (χ2v) is 6.06. The van der Waals surface area contributed by atoms with Crippen LogP contribution in [0.2, 0.25) is 0 Å². The van der Waals surface area contributed by atoms with Gasteiger partial charge in [-0.05, 0) is 53.2 Å². The van der Waals surface area contributed by atoms with Gasteiger partial charge >= 0.3 is 17.9 Å². The minimum Gasteiger partial charge on any atom is -0.465 e. The van der Waals surface area contributed by atoms with Crippen molar-refractivity contribution in [3.05, 3.63) is 63.9 Å². The van der Waals surface area contributed by atoms with Crippen molar-refractivity contribution in [1.82, 2.24) is 0 Å². The van der Waals surface area contributed by atoms with Crippen molar-refractivity contribution in [2.45, 2.75) is 6.92 Å². The van der Waals surface area contributed by atoms with E-state index in [0.29, 0.717) is 15.7 Å². The molecular formula is C19H18BrNO6. The smallest absolute Gasteiger partial charge is 0.355 e. The van der Waals surface area contributed by atoms with Crippen molar-refractivity contribution in [1.29, 1.82) is 0 Å². The van der Waals surface area contributed by atoms with Gasteiger partial charge in [0.2, 0.25) is 0 Å². The molecule has 0 saturated heterocycles. The fourth-order valence-corrected chi connectivity index (χ4v) is 2.96. The molecule has 1 aromatic carbocycles. The number of carbonyl (C=O) groups is 3. The average molecular weight is 436 g/mol. The molecule has 0 N–H and O–H groups in total. The summed E-state index contributed by atoms with van der Waals surface area (Å²) in [6, 6.07) is 4.77. The summed E-state index contributed by atoms with van der Waals surface area (Å²) in [5.41, 5.74) is 0.889. The molecule has 0 radical (unpaired) electrons. The summed E-state index contributed by atoms with van der Waals surface area (Å²) in [6.45, 7) is 1.98. The first kappa shape index (κ1) is 20.4. The Kier molecular flexibility index (Phi) is 6.95. The third-order valence-corrected chi connectivity index (χ3v) is 4.24. The molecule has 0 aliphatic carbocycles. The number of benzene rings is 1. The van der Waals surface area contributed by atoms with Gasteiger partial charge in [0.15, 0.2) is 0 Å². The van der Waals surface area contributed by atoms with Crippen LogP contribution >= 0.6 is 15.9 Å². The zero-order valence-corrected chi connectivity index (χ0v) is 16.6. The van der Waals surface area contributed by atoms with E-state index < -0.39 is 17.9 Å². The first-order valence-electron chi connectivity index (χ1n) is 7.96. The number of anilines is 1. The quantitative estimate of drug-likeness (QED) is 0.518. The summed E-state index contributed by atoms with van der Waals surface area (Å²) in [6.07, 6.45) is 6.33. The summed E-state index contributed by atoms with van der Waals surface area (Å²) in [7, 11) is 2.45. The van der Waals surface area contributed by atoms with Crippen molar-refractivity contribution in [3.8, 4) is 0 Å². The van der Waals surface area contributed by atoms with Gasteiger partial charge in [0.1, 0.15) is 5.70 Å². The molecule has 7 nitrogen and oxygen atoms in total. The van der Waals surface area contributed by atoms with E-state index in [1.807, 2.05) is 0 Å². The van der Waals surface area contributed by atoms with Gasteiger partial charge < -0.3 is 19.1 Å². The average Bonchev–Trinajstić information content (AvgIpc) is 2.89. The number of rotatable bonds is 5. The fourth-order valence-electron chi connectivity index (χ4n) is 2.39. The zero-order valence-electron chi connectivity index (χ0n) is 15.0. The molecule has 1 heterocycles. The maximum absolute atomic E-state index is 12.4. The molecule has 27 heavy (non-hydrogen) atoms. The first-order chi connectivity index (χ1) is 12.9. The van der Waals surface area contributed by atoms with E-state index in [-0.39, 0.29) is 17.9 Å². The molecule has 0 saturated carbocycles. The SMILES string of the molecule is CCOC(=O)c1ccc(N2C=CC=CC(C(=O)OC)=C2C(=O)OC)c(Br)c1. The van der Waals surface area contributed by atoms with E-state index in [1.165, 1.54) is 25.2 Å². The topological polar surface area (TPSA) is 82.1 Å². The third kappa shape index (κ3) is 4.46. The Morgan fingerprint density at radius 2 is 1.74 bits per heavy atom. The molecule has 0 spiro atoms. The maximum Gasteiger partial charge on any atom is 0.355 e. The molecule has 0 bridgehead atoms. The Morgan fingerprint density at radius 3 is 2.33 bits per heavy atom. The van der Waals surface area contributed by atoms with Gasteiger partial charge in [0, 0.05) is 10.7 Å². The van der Waals surface area contributed by atoms with Crippen molar-refractivity contribution < 1.29 is 28.6 Å². The predicted octanol–water partition coefficient (Wildman–Crippen LogP) is 3.12. The van der Waals surface area contributed by atoms with Crippen molar-refractivity contribution in [2.24, 2.45) is 0 Å². The highest BCUT2D eigenvalue weighted by Crippen LogP contribution is 2.33. The Morgan fingerprint density at radius 1 is 1.04 bits per heavy atom. The van der Waals surface area contributed by atoms with Gasteiger partial charge in [-0.25, -0.2) is 14.4 Å². The first-order valence-corrected chi connectivity index (χ1v) is 8.75. The summed E-state index contributed by atoms with van der Waals surface area (Å²) < 4.78 is 15.1. The van der Waals surface area contributed by atoms with Crippen LogP contribution in [0.25, 0.3) is 0 Å². The van der Waals surface area contributed by atoms with Crippen LogP contribution in [0.3, 0.4) is 0 Å².